The van der Waals surface area contributed by atoms with Crippen LogP contribution in [0.25, 0.3) is 0 Å². The van der Waals surface area contributed by atoms with Gasteiger partial charge in [-0.15, -0.1) is 0 Å². The van der Waals surface area contributed by atoms with Crippen molar-refractivity contribution in [3.05, 3.63) is 28.8 Å². The first kappa shape index (κ1) is 18.8. The van der Waals surface area contributed by atoms with Crippen LogP contribution < -0.4 is 15.5 Å². The zero-order valence-electron chi connectivity index (χ0n) is 15.7. The molecule has 2 fully saturated rings. The molecule has 2 saturated heterocycles. The van der Waals surface area contributed by atoms with E-state index in [-0.39, 0.29) is 48.6 Å². The molecular formula is C19H22F2N4O3. The highest BCUT2D eigenvalue weighted by Crippen LogP contribution is 2.39. The van der Waals surface area contributed by atoms with E-state index in [1.807, 2.05) is 18.7 Å². The van der Waals surface area contributed by atoms with E-state index in [4.69, 9.17) is 0 Å². The Morgan fingerprint density at radius 3 is 2.43 bits per heavy atom. The molecule has 3 aliphatic heterocycles. The maximum atomic E-state index is 14.9. The van der Waals surface area contributed by atoms with Crippen LogP contribution in [0.5, 0.6) is 0 Å². The van der Waals surface area contributed by atoms with Crippen LogP contribution >= 0.6 is 0 Å². The van der Waals surface area contributed by atoms with Crippen molar-refractivity contribution in [2.24, 2.45) is 0 Å². The maximum absolute atomic E-state index is 14.9. The van der Waals surface area contributed by atoms with E-state index in [0.717, 1.165) is 6.07 Å². The second-order valence-corrected chi connectivity index (χ2v) is 7.71. The summed E-state index contributed by atoms with van der Waals surface area (Å²) in [5, 5.41) is 5.47. The average Bonchev–Trinajstić information content (AvgIpc) is 2.94. The molecule has 0 aliphatic carbocycles. The number of rotatable bonds is 2. The number of carbonyl (C=O) groups is 3. The van der Waals surface area contributed by atoms with Crippen molar-refractivity contribution < 1.29 is 23.2 Å². The Kier molecular flexibility index (Phi) is 4.57. The summed E-state index contributed by atoms with van der Waals surface area (Å²) in [5.41, 5.74) is 0.574. The standard InChI is InChI=1S/C19H22F2N4O3/c1-9-6-22-7-10(2)25(9)17-12-8-24(14-3-4-15(26)23-18(14)27)19(28)11(12)5-13(20)16(17)21/h5,9-10,14,22H,3-4,6-8H2,1-2H3,(H,23,26,27). The molecule has 0 saturated carbocycles. The molecule has 28 heavy (non-hydrogen) atoms. The molecule has 2 N–H and O–H groups in total. The van der Waals surface area contributed by atoms with Gasteiger partial charge < -0.3 is 15.1 Å². The first-order valence-electron chi connectivity index (χ1n) is 9.44. The molecule has 1 aromatic rings. The minimum atomic E-state index is -1.08. The largest absolute Gasteiger partial charge is 0.361 e. The van der Waals surface area contributed by atoms with Gasteiger partial charge in [0.05, 0.1) is 5.69 Å². The minimum Gasteiger partial charge on any atom is -0.361 e. The Hall–Kier alpha value is -2.55. The minimum absolute atomic E-state index is 0.0103. The number of fused-ring (bicyclic) bond motifs is 1. The molecule has 0 bridgehead atoms. The SMILES string of the molecule is CC1CNCC(C)N1c1c(F)c(F)cc2c1CN(C1CCC(=O)NC1=O)C2=O. The first-order valence-corrected chi connectivity index (χ1v) is 9.44. The molecule has 3 aliphatic rings. The highest BCUT2D eigenvalue weighted by atomic mass is 19.2. The third kappa shape index (κ3) is 2.85. The zero-order valence-corrected chi connectivity index (χ0v) is 15.7. The summed E-state index contributed by atoms with van der Waals surface area (Å²) < 4.78 is 29.3. The average molecular weight is 392 g/mol. The van der Waals surface area contributed by atoms with Crippen molar-refractivity contribution in [3.63, 3.8) is 0 Å². The number of benzene rings is 1. The summed E-state index contributed by atoms with van der Waals surface area (Å²) >= 11 is 0. The molecule has 1 aromatic carbocycles. The van der Waals surface area contributed by atoms with E-state index in [1.54, 1.807) is 0 Å². The third-order valence-corrected chi connectivity index (χ3v) is 5.79. The molecule has 7 nitrogen and oxygen atoms in total. The van der Waals surface area contributed by atoms with Crippen LogP contribution in [0, 0.1) is 11.6 Å². The van der Waals surface area contributed by atoms with Gasteiger partial charge in [0.2, 0.25) is 11.8 Å². The number of amides is 3. The number of piperazine rings is 1. The number of hydrogen-bond donors (Lipinski definition) is 2. The number of anilines is 1. The first-order chi connectivity index (χ1) is 13.3. The van der Waals surface area contributed by atoms with Crippen LogP contribution in [0.4, 0.5) is 14.5 Å². The van der Waals surface area contributed by atoms with Crippen molar-refractivity contribution in [3.8, 4) is 0 Å². The fourth-order valence-corrected chi connectivity index (χ4v) is 4.47. The lowest BCUT2D eigenvalue weighted by Gasteiger charge is -2.42. The number of imide groups is 1. The Balaban J connectivity index is 1.76. The van der Waals surface area contributed by atoms with Gasteiger partial charge in [0, 0.05) is 49.3 Å². The van der Waals surface area contributed by atoms with E-state index in [2.05, 4.69) is 10.6 Å². The normalized spacial score (nSPS) is 27.9. The quantitative estimate of drug-likeness (QED) is 0.732. The lowest BCUT2D eigenvalue weighted by molar-refractivity contribution is -0.136. The van der Waals surface area contributed by atoms with Crippen molar-refractivity contribution in [2.45, 2.75) is 51.4 Å². The van der Waals surface area contributed by atoms with E-state index in [1.165, 1.54) is 4.90 Å². The summed E-state index contributed by atoms with van der Waals surface area (Å²) in [6, 6.07) is -0.0952. The monoisotopic (exact) mass is 392 g/mol. The number of piperidine rings is 1. The zero-order chi connectivity index (χ0) is 20.2. The summed E-state index contributed by atoms with van der Waals surface area (Å²) in [6.45, 7) is 5.05. The smallest absolute Gasteiger partial charge is 0.255 e. The van der Waals surface area contributed by atoms with Crippen LogP contribution in [-0.2, 0) is 16.1 Å². The second-order valence-electron chi connectivity index (χ2n) is 7.71. The molecule has 0 spiro atoms. The number of nitrogens with zero attached hydrogens (tertiary/aromatic N) is 2. The van der Waals surface area contributed by atoms with Gasteiger partial charge in [0.15, 0.2) is 11.6 Å². The highest BCUT2D eigenvalue weighted by molar-refractivity contribution is 6.06. The van der Waals surface area contributed by atoms with Gasteiger partial charge in [-0.05, 0) is 26.3 Å². The fourth-order valence-electron chi connectivity index (χ4n) is 4.47. The van der Waals surface area contributed by atoms with Crippen molar-refractivity contribution >= 4 is 23.4 Å². The molecule has 0 aromatic heterocycles. The molecule has 3 heterocycles. The van der Waals surface area contributed by atoms with Gasteiger partial charge in [-0.25, -0.2) is 8.78 Å². The predicted molar refractivity (Wildman–Crippen MR) is 96.7 cm³/mol. The summed E-state index contributed by atoms with van der Waals surface area (Å²) in [7, 11) is 0. The molecule has 3 unspecified atom stereocenters. The summed E-state index contributed by atoms with van der Waals surface area (Å²) in [5.74, 6) is -3.50. The van der Waals surface area contributed by atoms with E-state index in [9.17, 15) is 23.2 Å². The van der Waals surface area contributed by atoms with Crippen LogP contribution in [0.15, 0.2) is 6.07 Å². The number of hydrogen-bond acceptors (Lipinski definition) is 5. The Bertz CT molecular complexity index is 865. The molecule has 150 valence electrons. The Morgan fingerprint density at radius 1 is 1.11 bits per heavy atom. The number of halogens is 2. The highest BCUT2D eigenvalue weighted by Gasteiger charge is 2.43. The van der Waals surface area contributed by atoms with E-state index >= 15 is 0 Å². The predicted octanol–water partition coefficient (Wildman–Crippen LogP) is 0.912. The van der Waals surface area contributed by atoms with Crippen LogP contribution in [-0.4, -0.2) is 53.8 Å². The summed E-state index contributed by atoms with van der Waals surface area (Å²) in [6.07, 6.45) is 0.323. The fraction of sp³-hybridized carbons (Fsp3) is 0.526. The van der Waals surface area contributed by atoms with Crippen molar-refractivity contribution in [2.75, 3.05) is 18.0 Å². The molecule has 3 atom stereocenters. The van der Waals surface area contributed by atoms with Gasteiger partial charge >= 0.3 is 0 Å². The van der Waals surface area contributed by atoms with Gasteiger partial charge in [0.1, 0.15) is 6.04 Å². The molecule has 4 rings (SSSR count). The van der Waals surface area contributed by atoms with E-state index < -0.39 is 29.5 Å². The molecule has 9 heteroatoms. The van der Waals surface area contributed by atoms with Crippen molar-refractivity contribution in [1.82, 2.24) is 15.5 Å². The van der Waals surface area contributed by atoms with Crippen LogP contribution in [0.2, 0.25) is 0 Å². The Morgan fingerprint density at radius 2 is 1.79 bits per heavy atom. The van der Waals surface area contributed by atoms with Crippen LogP contribution in [0.1, 0.15) is 42.6 Å². The number of nitrogens with one attached hydrogen (secondary N) is 2. The maximum Gasteiger partial charge on any atom is 0.255 e. The molecular weight excluding hydrogens is 370 g/mol. The van der Waals surface area contributed by atoms with Crippen LogP contribution in [0.3, 0.4) is 0 Å². The third-order valence-electron chi connectivity index (χ3n) is 5.79. The lowest BCUT2D eigenvalue weighted by atomic mass is 10.0. The van der Waals surface area contributed by atoms with Gasteiger partial charge in [0.25, 0.3) is 5.91 Å². The Labute approximate surface area is 161 Å². The second kappa shape index (κ2) is 6.80. The van der Waals surface area contributed by atoms with E-state index in [0.29, 0.717) is 18.7 Å². The molecule has 0 radical (unpaired) electrons. The van der Waals surface area contributed by atoms with Crippen molar-refractivity contribution in [1.29, 1.82) is 0 Å². The van der Waals surface area contributed by atoms with Gasteiger partial charge in [-0.3, -0.25) is 19.7 Å². The molecule has 3 amide bonds. The lowest BCUT2D eigenvalue weighted by Crippen LogP contribution is -2.56. The van der Waals surface area contributed by atoms with Gasteiger partial charge in [-0.2, -0.15) is 0 Å². The van der Waals surface area contributed by atoms with Gasteiger partial charge in [-0.1, -0.05) is 0 Å². The topological polar surface area (TPSA) is 81.8 Å². The summed E-state index contributed by atoms with van der Waals surface area (Å²) in [4.78, 5) is 39.7. The number of carbonyl (C=O) groups excluding carboxylic acids is 3.